The molecule has 1 rings (SSSR count). The number of likely N-dealkylation sites (N-methyl/N-ethyl adjacent to an activating group) is 1. The van der Waals surface area contributed by atoms with E-state index in [4.69, 9.17) is 5.11 Å². The van der Waals surface area contributed by atoms with Gasteiger partial charge in [0, 0.05) is 12.6 Å². The highest BCUT2D eigenvalue weighted by molar-refractivity contribution is 5.95. The summed E-state index contributed by atoms with van der Waals surface area (Å²) in [7, 11) is 4.00. The van der Waals surface area contributed by atoms with Gasteiger partial charge in [0.05, 0.1) is 11.3 Å². The van der Waals surface area contributed by atoms with Gasteiger partial charge in [0.1, 0.15) is 0 Å². The third-order valence-corrected chi connectivity index (χ3v) is 2.96. The SMILES string of the molecule is Cc1cccc(C(=O)O)c1NCC(C)N(C)C. The van der Waals surface area contributed by atoms with Crippen LogP contribution in [0.15, 0.2) is 18.2 Å². The molecule has 0 aliphatic heterocycles. The number of carboxylic acid groups (broad SMARTS) is 1. The molecule has 4 nitrogen and oxygen atoms in total. The van der Waals surface area contributed by atoms with Crippen LogP contribution in [0.5, 0.6) is 0 Å². The number of benzene rings is 1. The van der Waals surface area contributed by atoms with Crippen molar-refractivity contribution in [1.29, 1.82) is 0 Å². The summed E-state index contributed by atoms with van der Waals surface area (Å²) in [5, 5.41) is 12.3. The molecule has 0 spiro atoms. The Balaban J connectivity index is 2.86. The maximum Gasteiger partial charge on any atom is 0.337 e. The Bertz CT molecular complexity index is 402. The lowest BCUT2D eigenvalue weighted by atomic mass is 10.1. The molecule has 0 amide bonds. The van der Waals surface area contributed by atoms with Gasteiger partial charge in [-0.05, 0) is 39.6 Å². The van der Waals surface area contributed by atoms with Crippen molar-refractivity contribution in [3.05, 3.63) is 29.3 Å². The van der Waals surface area contributed by atoms with Crippen LogP contribution >= 0.6 is 0 Å². The molecular weight excluding hydrogens is 216 g/mol. The number of para-hydroxylation sites is 1. The van der Waals surface area contributed by atoms with Crippen molar-refractivity contribution >= 4 is 11.7 Å². The first-order valence-electron chi connectivity index (χ1n) is 5.66. The molecule has 0 fully saturated rings. The normalized spacial score (nSPS) is 12.5. The fraction of sp³-hybridized carbons (Fsp3) is 0.462. The fourth-order valence-electron chi connectivity index (χ4n) is 1.51. The van der Waals surface area contributed by atoms with Gasteiger partial charge in [-0.1, -0.05) is 12.1 Å². The van der Waals surface area contributed by atoms with Crippen LogP contribution in [0.2, 0.25) is 0 Å². The summed E-state index contributed by atoms with van der Waals surface area (Å²) in [5.74, 6) is -0.895. The molecule has 1 atom stereocenters. The number of nitrogens with one attached hydrogen (secondary N) is 1. The zero-order chi connectivity index (χ0) is 13.0. The van der Waals surface area contributed by atoms with Gasteiger partial charge in [-0.2, -0.15) is 0 Å². The number of hydrogen-bond acceptors (Lipinski definition) is 3. The minimum atomic E-state index is -0.895. The molecule has 17 heavy (non-hydrogen) atoms. The lowest BCUT2D eigenvalue weighted by molar-refractivity contribution is 0.0698. The fourth-order valence-corrected chi connectivity index (χ4v) is 1.51. The average molecular weight is 236 g/mol. The Labute approximate surface area is 102 Å². The van der Waals surface area contributed by atoms with Gasteiger partial charge in [-0.15, -0.1) is 0 Å². The molecule has 0 aliphatic rings. The second kappa shape index (κ2) is 5.68. The molecule has 0 radical (unpaired) electrons. The number of anilines is 1. The summed E-state index contributed by atoms with van der Waals surface area (Å²) in [6.07, 6.45) is 0. The van der Waals surface area contributed by atoms with Crippen LogP contribution in [-0.2, 0) is 0 Å². The van der Waals surface area contributed by atoms with E-state index in [1.54, 1.807) is 12.1 Å². The molecule has 0 bridgehead atoms. The lowest BCUT2D eigenvalue weighted by Crippen LogP contribution is -2.32. The summed E-state index contributed by atoms with van der Waals surface area (Å²) < 4.78 is 0. The Hall–Kier alpha value is -1.55. The van der Waals surface area contributed by atoms with Crippen molar-refractivity contribution in [2.24, 2.45) is 0 Å². The maximum absolute atomic E-state index is 11.1. The van der Waals surface area contributed by atoms with Crippen LogP contribution in [0.25, 0.3) is 0 Å². The zero-order valence-electron chi connectivity index (χ0n) is 10.8. The van der Waals surface area contributed by atoms with Gasteiger partial charge in [-0.25, -0.2) is 4.79 Å². The molecular formula is C13H20N2O2. The highest BCUT2D eigenvalue weighted by Gasteiger charge is 2.12. The second-order valence-corrected chi connectivity index (χ2v) is 4.50. The molecule has 1 aromatic carbocycles. The van der Waals surface area contributed by atoms with E-state index in [2.05, 4.69) is 17.1 Å². The second-order valence-electron chi connectivity index (χ2n) is 4.50. The predicted octanol–water partition coefficient (Wildman–Crippen LogP) is 2.06. The van der Waals surface area contributed by atoms with Gasteiger partial charge in [-0.3, -0.25) is 0 Å². The average Bonchev–Trinajstić information content (AvgIpc) is 2.26. The van der Waals surface area contributed by atoms with Crippen LogP contribution in [0.1, 0.15) is 22.8 Å². The van der Waals surface area contributed by atoms with Crippen molar-refractivity contribution in [3.63, 3.8) is 0 Å². The van der Waals surface area contributed by atoms with Crippen LogP contribution in [0.4, 0.5) is 5.69 Å². The van der Waals surface area contributed by atoms with Crippen molar-refractivity contribution < 1.29 is 9.90 Å². The number of nitrogens with zero attached hydrogens (tertiary/aromatic N) is 1. The van der Waals surface area contributed by atoms with Gasteiger partial charge in [0.15, 0.2) is 0 Å². The first kappa shape index (κ1) is 13.5. The number of carbonyl (C=O) groups is 1. The van der Waals surface area contributed by atoms with Gasteiger partial charge in [0.25, 0.3) is 0 Å². The highest BCUT2D eigenvalue weighted by atomic mass is 16.4. The van der Waals surface area contributed by atoms with E-state index in [1.165, 1.54) is 0 Å². The molecule has 1 unspecified atom stereocenters. The molecule has 0 aliphatic carbocycles. The first-order valence-corrected chi connectivity index (χ1v) is 5.66. The van der Waals surface area contributed by atoms with E-state index in [0.29, 0.717) is 17.3 Å². The van der Waals surface area contributed by atoms with Crippen molar-refractivity contribution in [2.45, 2.75) is 19.9 Å². The molecule has 0 saturated carbocycles. The molecule has 2 N–H and O–H groups in total. The Kier molecular flexibility index (Phi) is 4.52. The minimum absolute atomic E-state index is 0.330. The van der Waals surface area contributed by atoms with E-state index in [0.717, 1.165) is 12.1 Å². The maximum atomic E-state index is 11.1. The summed E-state index contributed by atoms with van der Waals surface area (Å²) >= 11 is 0. The van der Waals surface area contributed by atoms with E-state index < -0.39 is 5.97 Å². The number of carboxylic acids is 1. The molecule has 0 heterocycles. The van der Waals surface area contributed by atoms with E-state index in [-0.39, 0.29) is 0 Å². The number of aryl methyl sites for hydroxylation is 1. The quantitative estimate of drug-likeness (QED) is 0.821. The van der Waals surface area contributed by atoms with Crippen molar-refractivity contribution in [2.75, 3.05) is 26.0 Å². The van der Waals surface area contributed by atoms with Crippen LogP contribution in [0.3, 0.4) is 0 Å². The minimum Gasteiger partial charge on any atom is -0.478 e. The highest BCUT2D eigenvalue weighted by Crippen LogP contribution is 2.20. The van der Waals surface area contributed by atoms with Gasteiger partial charge < -0.3 is 15.3 Å². The summed E-state index contributed by atoms with van der Waals surface area (Å²) in [4.78, 5) is 13.2. The molecule has 0 aromatic heterocycles. The van der Waals surface area contributed by atoms with E-state index in [1.807, 2.05) is 27.1 Å². The number of rotatable bonds is 5. The van der Waals surface area contributed by atoms with Gasteiger partial charge in [0.2, 0.25) is 0 Å². The number of aromatic carboxylic acids is 1. The molecule has 0 saturated heterocycles. The standard InChI is InChI=1S/C13H20N2O2/c1-9-6-5-7-11(13(16)17)12(9)14-8-10(2)15(3)4/h5-7,10,14H,8H2,1-4H3,(H,16,17). The Morgan fingerprint density at radius 2 is 2.12 bits per heavy atom. The van der Waals surface area contributed by atoms with Gasteiger partial charge >= 0.3 is 5.97 Å². The van der Waals surface area contributed by atoms with E-state index >= 15 is 0 Å². The van der Waals surface area contributed by atoms with Crippen molar-refractivity contribution in [3.8, 4) is 0 Å². The lowest BCUT2D eigenvalue weighted by Gasteiger charge is -2.22. The zero-order valence-corrected chi connectivity index (χ0v) is 10.8. The van der Waals surface area contributed by atoms with Crippen molar-refractivity contribution in [1.82, 2.24) is 4.90 Å². The molecule has 94 valence electrons. The third-order valence-electron chi connectivity index (χ3n) is 2.96. The topological polar surface area (TPSA) is 52.6 Å². The molecule has 4 heteroatoms. The Morgan fingerprint density at radius 1 is 1.47 bits per heavy atom. The first-order chi connectivity index (χ1) is 7.93. The number of hydrogen-bond donors (Lipinski definition) is 2. The summed E-state index contributed by atoms with van der Waals surface area (Å²) in [6.45, 7) is 4.72. The predicted molar refractivity (Wildman–Crippen MR) is 69.8 cm³/mol. The van der Waals surface area contributed by atoms with E-state index in [9.17, 15) is 4.79 Å². The Morgan fingerprint density at radius 3 is 2.65 bits per heavy atom. The monoisotopic (exact) mass is 236 g/mol. The smallest absolute Gasteiger partial charge is 0.337 e. The molecule has 1 aromatic rings. The van der Waals surface area contributed by atoms with Crippen LogP contribution in [0, 0.1) is 6.92 Å². The third kappa shape index (κ3) is 3.46. The summed E-state index contributed by atoms with van der Waals surface area (Å²) in [6, 6.07) is 5.64. The summed E-state index contributed by atoms with van der Waals surface area (Å²) in [5.41, 5.74) is 2.00. The largest absolute Gasteiger partial charge is 0.478 e. The van der Waals surface area contributed by atoms with Crippen LogP contribution in [-0.4, -0.2) is 42.7 Å². The van der Waals surface area contributed by atoms with Crippen LogP contribution < -0.4 is 5.32 Å².